The molecule has 4 heteroatoms. The lowest BCUT2D eigenvalue weighted by atomic mass is 9.80. The van der Waals surface area contributed by atoms with E-state index in [0.29, 0.717) is 18.4 Å². The molecule has 0 bridgehead atoms. The van der Waals surface area contributed by atoms with Gasteiger partial charge in [0, 0.05) is 39.2 Å². The lowest BCUT2D eigenvalue weighted by Gasteiger charge is -2.37. The topological polar surface area (TPSA) is 39.7 Å². The first-order valence-electron chi connectivity index (χ1n) is 8.30. The number of piperidine rings is 1. The monoisotopic (exact) mass is 307 g/mol. The van der Waals surface area contributed by atoms with Gasteiger partial charge in [-0.1, -0.05) is 19.1 Å². The Kier molecular flexibility index (Phi) is 7.16. The third kappa shape index (κ3) is 4.70. The zero-order valence-corrected chi connectivity index (χ0v) is 14.0. The molecule has 22 heavy (non-hydrogen) atoms. The molecule has 1 aliphatic heterocycles. The summed E-state index contributed by atoms with van der Waals surface area (Å²) in [5, 5.41) is 3.46. The highest BCUT2D eigenvalue weighted by molar-refractivity contribution is 5.31. The molecule has 0 amide bonds. The Morgan fingerprint density at radius 1 is 1.14 bits per heavy atom. The maximum Gasteiger partial charge on any atom is 0.119 e. The van der Waals surface area contributed by atoms with E-state index >= 15 is 0 Å². The third-order valence-corrected chi connectivity index (χ3v) is 4.23. The summed E-state index contributed by atoms with van der Waals surface area (Å²) < 4.78 is 16.7. The highest BCUT2D eigenvalue weighted by atomic mass is 16.5. The van der Waals surface area contributed by atoms with Crippen molar-refractivity contribution >= 4 is 0 Å². The third-order valence-electron chi connectivity index (χ3n) is 4.23. The van der Waals surface area contributed by atoms with Crippen LogP contribution in [-0.2, 0) is 9.47 Å². The number of rotatable bonds is 8. The van der Waals surface area contributed by atoms with Gasteiger partial charge in [0.05, 0.1) is 12.7 Å². The van der Waals surface area contributed by atoms with E-state index in [0.717, 1.165) is 38.5 Å². The van der Waals surface area contributed by atoms with Gasteiger partial charge in [-0.25, -0.2) is 0 Å². The minimum atomic E-state index is 0.252. The Morgan fingerprint density at radius 3 is 2.59 bits per heavy atom. The van der Waals surface area contributed by atoms with Crippen LogP contribution in [0.4, 0.5) is 0 Å². The number of nitrogens with one attached hydrogen (secondary N) is 1. The quantitative estimate of drug-likeness (QED) is 0.750. The summed E-state index contributed by atoms with van der Waals surface area (Å²) in [6.45, 7) is 8.52. The maximum absolute atomic E-state index is 5.93. The van der Waals surface area contributed by atoms with E-state index in [2.05, 4.69) is 43.4 Å². The van der Waals surface area contributed by atoms with Crippen LogP contribution in [0.1, 0.15) is 31.7 Å². The first-order chi connectivity index (χ1) is 10.8. The van der Waals surface area contributed by atoms with Gasteiger partial charge in [-0.15, -0.1) is 0 Å². The van der Waals surface area contributed by atoms with Crippen molar-refractivity contribution in [1.29, 1.82) is 0 Å². The summed E-state index contributed by atoms with van der Waals surface area (Å²) in [4.78, 5) is 0. The first kappa shape index (κ1) is 17.3. The van der Waals surface area contributed by atoms with Crippen LogP contribution in [0.2, 0.25) is 0 Å². The van der Waals surface area contributed by atoms with Crippen molar-refractivity contribution in [2.24, 2.45) is 5.92 Å². The van der Waals surface area contributed by atoms with Crippen molar-refractivity contribution in [3.05, 3.63) is 29.8 Å². The van der Waals surface area contributed by atoms with E-state index in [9.17, 15) is 0 Å². The lowest BCUT2D eigenvalue weighted by Crippen LogP contribution is -2.45. The zero-order valence-electron chi connectivity index (χ0n) is 14.0. The van der Waals surface area contributed by atoms with Crippen LogP contribution in [0, 0.1) is 5.92 Å². The van der Waals surface area contributed by atoms with Gasteiger partial charge in [0.25, 0.3) is 0 Å². The highest BCUT2D eigenvalue weighted by Crippen LogP contribution is 2.33. The van der Waals surface area contributed by atoms with Gasteiger partial charge in [-0.2, -0.15) is 0 Å². The molecule has 2 rings (SSSR count). The average molecular weight is 307 g/mol. The maximum atomic E-state index is 5.93. The number of hydrogen-bond donors (Lipinski definition) is 1. The summed E-state index contributed by atoms with van der Waals surface area (Å²) in [5.41, 5.74) is 1.34. The van der Waals surface area contributed by atoms with E-state index in [1.165, 1.54) is 5.56 Å². The standard InChI is InChI=1S/C18H29NO3/c1-4-21-17-13-19-12-14(2)18(17)15-6-8-16(9-7-15)22-11-5-10-20-3/h6-9,14,17-19H,4-5,10-13H2,1-3H3/t14-,17+,18-/m1/s1. The van der Waals surface area contributed by atoms with Crippen molar-refractivity contribution in [2.45, 2.75) is 32.3 Å². The van der Waals surface area contributed by atoms with Gasteiger partial charge in [-0.05, 0) is 37.1 Å². The second-order valence-corrected chi connectivity index (χ2v) is 5.92. The fraction of sp³-hybridized carbons (Fsp3) is 0.667. The molecule has 0 aromatic heterocycles. The highest BCUT2D eigenvalue weighted by Gasteiger charge is 2.32. The molecule has 1 aliphatic rings. The van der Waals surface area contributed by atoms with Crippen LogP contribution in [-0.4, -0.2) is 46.1 Å². The molecule has 1 fully saturated rings. The molecule has 4 nitrogen and oxygen atoms in total. The van der Waals surface area contributed by atoms with Crippen molar-refractivity contribution in [3.8, 4) is 5.75 Å². The molecule has 3 atom stereocenters. The van der Waals surface area contributed by atoms with Crippen molar-refractivity contribution in [1.82, 2.24) is 5.32 Å². The predicted molar refractivity (Wildman–Crippen MR) is 88.6 cm³/mol. The van der Waals surface area contributed by atoms with Crippen LogP contribution >= 0.6 is 0 Å². The predicted octanol–water partition coefficient (Wildman–Crippen LogP) is 2.83. The van der Waals surface area contributed by atoms with E-state index in [4.69, 9.17) is 14.2 Å². The average Bonchev–Trinajstić information content (AvgIpc) is 2.53. The summed E-state index contributed by atoms with van der Waals surface area (Å²) in [6, 6.07) is 8.51. The van der Waals surface area contributed by atoms with Gasteiger partial charge >= 0.3 is 0 Å². The van der Waals surface area contributed by atoms with Crippen molar-refractivity contribution in [2.75, 3.05) is 40.0 Å². The minimum absolute atomic E-state index is 0.252. The zero-order chi connectivity index (χ0) is 15.8. The van der Waals surface area contributed by atoms with Gasteiger partial charge in [0.15, 0.2) is 0 Å². The molecule has 0 radical (unpaired) electrons. The van der Waals surface area contributed by atoms with E-state index in [-0.39, 0.29) is 6.10 Å². The normalized spacial score (nSPS) is 25.1. The van der Waals surface area contributed by atoms with E-state index in [1.807, 2.05) is 0 Å². The molecule has 1 heterocycles. The number of ether oxygens (including phenoxy) is 3. The van der Waals surface area contributed by atoms with Crippen LogP contribution in [0.5, 0.6) is 5.75 Å². The Labute approximate surface area is 134 Å². The fourth-order valence-corrected chi connectivity index (χ4v) is 3.17. The summed E-state index contributed by atoms with van der Waals surface area (Å²) in [5.74, 6) is 1.94. The molecule has 1 aromatic rings. The number of hydrogen-bond acceptors (Lipinski definition) is 4. The SMILES string of the molecule is CCO[C@H]1CNC[C@@H](C)[C@@H]1c1ccc(OCCCOC)cc1. The van der Waals surface area contributed by atoms with Gasteiger partial charge in [-0.3, -0.25) is 0 Å². The second kappa shape index (κ2) is 9.13. The molecule has 0 spiro atoms. The first-order valence-corrected chi connectivity index (χ1v) is 8.30. The van der Waals surface area contributed by atoms with Gasteiger partial charge in [0.1, 0.15) is 5.75 Å². The van der Waals surface area contributed by atoms with Crippen LogP contribution < -0.4 is 10.1 Å². The molecule has 1 N–H and O–H groups in total. The summed E-state index contributed by atoms with van der Waals surface area (Å²) >= 11 is 0. The van der Waals surface area contributed by atoms with Crippen LogP contribution in [0.3, 0.4) is 0 Å². The van der Waals surface area contributed by atoms with Crippen molar-refractivity contribution in [3.63, 3.8) is 0 Å². The second-order valence-electron chi connectivity index (χ2n) is 5.92. The summed E-state index contributed by atoms with van der Waals surface area (Å²) in [7, 11) is 1.71. The Balaban J connectivity index is 1.97. The Morgan fingerprint density at radius 2 is 1.91 bits per heavy atom. The van der Waals surface area contributed by atoms with Crippen LogP contribution in [0.15, 0.2) is 24.3 Å². The van der Waals surface area contributed by atoms with Crippen molar-refractivity contribution < 1.29 is 14.2 Å². The molecule has 0 aliphatic carbocycles. The number of methoxy groups -OCH3 is 1. The molecule has 124 valence electrons. The van der Waals surface area contributed by atoms with E-state index < -0.39 is 0 Å². The minimum Gasteiger partial charge on any atom is -0.494 e. The molecular formula is C18H29NO3. The molecular weight excluding hydrogens is 278 g/mol. The Bertz CT molecular complexity index is 419. The van der Waals surface area contributed by atoms with Gasteiger partial charge < -0.3 is 19.5 Å². The largest absolute Gasteiger partial charge is 0.494 e. The number of benzene rings is 1. The molecule has 0 unspecified atom stereocenters. The smallest absolute Gasteiger partial charge is 0.119 e. The van der Waals surface area contributed by atoms with Gasteiger partial charge in [0.2, 0.25) is 0 Å². The fourth-order valence-electron chi connectivity index (χ4n) is 3.17. The van der Waals surface area contributed by atoms with E-state index in [1.54, 1.807) is 7.11 Å². The Hall–Kier alpha value is -1.10. The molecule has 0 saturated carbocycles. The summed E-state index contributed by atoms with van der Waals surface area (Å²) in [6.07, 6.45) is 1.16. The molecule has 1 aromatic carbocycles. The van der Waals surface area contributed by atoms with Crippen LogP contribution in [0.25, 0.3) is 0 Å². The molecule has 1 saturated heterocycles. The lowest BCUT2D eigenvalue weighted by molar-refractivity contribution is 0.0143.